The van der Waals surface area contributed by atoms with Gasteiger partial charge in [0.2, 0.25) is 5.95 Å². The maximum atomic E-state index is 13.7. The maximum Gasteiger partial charge on any atom is 0.255 e. The van der Waals surface area contributed by atoms with Crippen molar-refractivity contribution in [3.63, 3.8) is 0 Å². The largest absolute Gasteiger partial charge is 0.496 e. The summed E-state index contributed by atoms with van der Waals surface area (Å²) in [6, 6.07) is 22.1. The number of nitrogens with one attached hydrogen (secondary N) is 2. The van der Waals surface area contributed by atoms with Gasteiger partial charge in [-0.1, -0.05) is 42.5 Å². The average Bonchev–Trinajstić information content (AvgIpc) is 3.27. The summed E-state index contributed by atoms with van der Waals surface area (Å²) in [5.41, 5.74) is 3.19. The first-order chi connectivity index (χ1) is 16.5. The summed E-state index contributed by atoms with van der Waals surface area (Å²) in [5.74, 6) is 0.914. The van der Waals surface area contributed by atoms with Gasteiger partial charge in [0.05, 0.1) is 18.2 Å². The van der Waals surface area contributed by atoms with Gasteiger partial charge in [-0.25, -0.2) is 9.07 Å². The molecule has 5 rings (SSSR count). The van der Waals surface area contributed by atoms with E-state index in [0.717, 1.165) is 5.56 Å². The van der Waals surface area contributed by atoms with Gasteiger partial charge in [0, 0.05) is 11.4 Å². The van der Waals surface area contributed by atoms with Gasteiger partial charge in [0.25, 0.3) is 5.91 Å². The number of carbonyl (C=O) groups is 1. The minimum absolute atomic E-state index is 0.287. The molecule has 1 atom stereocenters. The Hall–Kier alpha value is -4.46. The van der Waals surface area contributed by atoms with Gasteiger partial charge >= 0.3 is 0 Å². The van der Waals surface area contributed by atoms with Crippen LogP contribution in [-0.2, 0) is 4.79 Å². The first-order valence-corrected chi connectivity index (χ1v) is 10.7. The molecule has 0 radical (unpaired) electrons. The summed E-state index contributed by atoms with van der Waals surface area (Å²) in [4.78, 5) is 18.1. The van der Waals surface area contributed by atoms with Crippen LogP contribution >= 0.6 is 0 Å². The molecule has 3 aromatic carbocycles. The third-order valence-electron chi connectivity index (χ3n) is 5.66. The highest BCUT2D eigenvalue weighted by Crippen LogP contribution is 2.38. The molecule has 0 spiro atoms. The smallest absolute Gasteiger partial charge is 0.255 e. The number of ether oxygens (including phenoxy) is 1. The molecule has 0 saturated carbocycles. The van der Waals surface area contributed by atoms with E-state index in [0.29, 0.717) is 40.0 Å². The van der Waals surface area contributed by atoms with E-state index in [2.05, 4.69) is 15.6 Å². The summed E-state index contributed by atoms with van der Waals surface area (Å²) in [5, 5.41) is 10.9. The Labute approximate surface area is 195 Å². The van der Waals surface area contributed by atoms with E-state index < -0.39 is 6.04 Å². The number of hydrogen-bond acceptors (Lipinski definition) is 5. The third-order valence-corrected chi connectivity index (χ3v) is 5.66. The molecule has 1 amide bonds. The Kier molecular flexibility index (Phi) is 5.55. The number of anilines is 2. The minimum Gasteiger partial charge on any atom is -0.496 e. The number of nitrogens with zero attached hydrogens (tertiary/aromatic N) is 3. The lowest BCUT2D eigenvalue weighted by Crippen LogP contribution is -2.31. The first kappa shape index (κ1) is 21.4. The van der Waals surface area contributed by atoms with Crippen LogP contribution in [0.25, 0.3) is 11.4 Å². The zero-order chi connectivity index (χ0) is 23.7. The summed E-state index contributed by atoms with van der Waals surface area (Å²) >= 11 is 0. The molecule has 4 aromatic rings. The molecule has 1 aliphatic rings. The van der Waals surface area contributed by atoms with Crippen molar-refractivity contribution in [1.82, 2.24) is 14.8 Å². The van der Waals surface area contributed by atoms with E-state index >= 15 is 0 Å². The van der Waals surface area contributed by atoms with Crippen LogP contribution in [0.5, 0.6) is 5.75 Å². The van der Waals surface area contributed by atoms with Gasteiger partial charge < -0.3 is 15.4 Å². The van der Waals surface area contributed by atoms with Crippen molar-refractivity contribution in [2.75, 3.05) is 17.7 Å². The Bertz CT molecular complexity index is 1380. The zero-order valence-electron chi connectivity index (χ0n) is 18.6. The van der Waals surface area contributed by atoms with Gasteiger partial charge in [-0.3, -0.25) is 4.79 Å². The highest BCUT2D eigenvalue weighted by atomic mass is 19.1. The molecule has 7 nitrogen and oxygen atoms in total. The van der Waals surface area contributed by atoms with E-state index in [1.165, 1.54) is 12.1 Å². The van der Waals surface area contributed by atoms with E-state index in [4.69, 9.17) is 9.84 Å². The number of rotatable bonds is 5. The molecule has 0 bridgehead atoms. The van der Waals surface area contributed by atoms with Crippen LogP contribution in [0.2, 0.25) is 0 Å². The molecule has 1 aliphatic heterocycles. The number of hydrogen-bond donors (Lipinski definition) is 2. The molecule has 1 aromatic heterocycles. The molecule has 34 heavy (non-hydrogen) atoms. The topological polar surface area (TPSA) is 81.1 Å². The highest BCUT2D eigenvalue weighted by molar-refractivity contribution is 6.06. The fourth-order valence-electron chi connectivity index (χ4n) is 4.06. The molecular weight excluding hydrogens is 433 g/mol. The Morgan fingerprint density at radius 2 is 1.74 bits per heavy atom. The number of carbonyl (C=O) groups excluding carboxylic acids is 1. The van der Waals surface area contributed by atoms with Crippen LogP contribution in [0.15, 0.2) is 90.1 Å². The van der Waals surface area contributed by atoms with Crippen LogP contribution in [0.1, 0.15) is 18.5 Å². The van der Waals surface area contributed by atoms with Gasteiger partial charge in [-0.2, -0.15) is 4.98 Å². The third kappa shape index (κ3) is 3.90. The molecule has 8 heteroatoms. The molecule has 0 aliphatic carbocycles. The molecule has 0 fully saturated rings. The van der Waals surface area contributed by atoms with Crippen molar-refractivity contribution >= 4 is 17.5 Å². The van der Waals surface area contributed by atoms with Crippen LogP contribution in [-0.4, -0.2) is 27.8 Å². The Balaban J connectivity index is 1.62. The van der Waals surface area contributed by atoms with E-state index in [-0.39, 0.29) is 11.7 Å². The number of methoxy groups -OCH3 is 1. The van der Waals surface area contributed by atoms with Crippen molar-refractivity contribution in [2.24, 2.45) is 0 Å². The zero-order valence-corrected chi connectivity index (χ0v) is 18.6. The monoisotopic (exact) mass is 455 g/mol. The van der Waals surface area contributed by atoms with Gasteiger partial charge in [-0.15, -0.1) is 5.10 Å². The van der Waals surface area contributed by atoms with Gasteiger partial charge in [0.1, 0.15) is 17.6 Å². The number of fused-ring (bicyclic) bond motifs is 1. The van der Waals surface area contributed by atoms with Gasteiger partial charge in [0.15, 0.2) is 5.82 Å². The summed E-state index contributed by atoms with van der Waals surface area (Å²) in [7, 11) is 1.59. The van der Waals surface area contributed by atoms with Crippen molar-refractivity contribution < 1.29 is 13.9 Å². The van der Waals surface area contributed by atoms with Crippen LogP contribution in [0.3, 0.4) is 0 Å². The van der Waals surface area contributed by atoms with Crippen molar-refractivity contribution in [3.05, 3.63) is 102 Å². The van der Waals surface area contributed by atoms with E-state index in [1.807, 2.05) is 61.5 Å². The molecule has 2 N–H and O–H groups in total. The number of allylic oxidation sites excluding steroid dienone is 1. The normalized spacial score (nSPS) is 14.9. The molecule has 2 heterocycles. The molecular formula is C26H22FN5O2. The Morgan fingerprint density at radius 3 is 2.47 bits per heavy atom. The van der Waals surface area contributed by atoms with Crippen molar-refractivity contribution in [2.45, 2.75) is 13.0 Å². The predicted molar refractivity (Wildman–Crippen MR) is 128 cm³/mol. The summed E-state index contributed by atoms with van der Waals surface area (Å²) in [6.07, 6.45) is 0. The second kappa shape index (κ2) is 8.82. The average molecular weight is 455 g/mol. The lowest BCUT2D eigenvalue weighted by Gasteiger charge is -2.28. The van der Waals surface area contributed by atoms with Crippen LogP contribution < -0.4 is 15.4 Å². The number of amides is 1. The fourth-order valence-corrected chi connectivity index (χ4v) is 4.06. The van der Waals surface area contributed by atoms with Crippen molar-refractivity contribution in [3.8, 4) is 17.1 Å². The lowest BCUT2D eigenvalue weighted by atomic mass is 9.95. The number of para-hydroxylation sites is 2. The second-order valence-corrected chi connectivity index (χ2v) is 7.84. The van der Waals surface area contributed by atoms with Gasteiger partial charge in [-0.05, 0) is 48.9 Å². The fraction of sp³-hybridized carbons (Fsp3) is 0.115. The number of halogens is 1. The first-order valence-electron chi connectivity index (χ1n) is 10.7. The SMILES string of the molecule is COc1ccccc1-c1nc2n(n1)C(c1ccc(F)cc1)C(C(=O)Nc1ccccc1)=C(C)N2. The number of benzene rings is 3. The summed E-state index contributed by atoms with van der Waals surface area (Å²) < 4.78 is 20.9. The Morgan fingerprint density at radius 1 is 1.03 bits per heavy atom. The second-order valence-electron chi connectivity index (χ2n) is 7.84. The highest BCUT2D eigenvalue weighted by Gasteiger charge is 2.34. The summed E-state index contributed by atoms with van der Waals surface area (Å²) in [6.45, 7) is 1.82. The lowest BCUT2D eigenvalue weighted by molar-refractivity contribution is -0.113. The number of aromatic nitrogens is 3. The van der Waals surface area contributed by atoms with E-state index in [9.17, 15) is 9.18 Å². The van der Waals surface area contributed by atoms with Crippen molar-refractivity contribution in [1.29, 1.82) is 0 Å². The molecule has 170 valence electrons. The van der Waals surface area contributed by atoms with E-state index in [1.54, 1.807) is 23.9 Å². The maximum absolute atomic E-state index is 13.7. The molecule has 0 saturated heterocycles. The predicted octanol–water partition coefficient (Wildman–Crippen LogP) is 5.02. The van der Waals surface area contributed by atoms with Crippen LogP contribution in [0, 0.1) is 5.82 Å². The quantitative estimate of drug-likeness (QED) is 0.442. The van der Waals surface area contributed by atoms with Crippen LogP contribution in [0.4, 0.5) is 16.0 Å². The minimum atomic E-state index is -0.614. The standard InChI is InChI=1S/C26H22FN5O2/c1-16-22(25(33)29-19-8-4-3-5-9-19)23(17-12-14-18(27)15-13-17)32-26(28-16)30-24(31-32)20-10-6-7-11-21(20)34-2/h3-15,23H,1-2H3,(H,29,33)(H,28,30,31). The molecule has 1 unspecified atom stereocenters.